The maximum absolute atomic E-state index is 13.3. The molecular weight excluding hydrogens is 458 g/mol. The van der Waals surface area contributed by atoms with Crippen LogP contribution in [-0.4, -0.2) is 52.1 Å². The zero-order valence-corrected chi connectivity index (χ0v) is 19.8. The van der Waals surface area contributed by atoms with Gasteiger partial charge in [0.05, 0.1) is 29.9 Å². The summed E-state index contributed by atoms with van der Waals surface area (Å²) in [6.45, 7) is 6.17. The molecule has 0 fully saturated rings. The molecule has 0 spiro atoms. The van der Waals surface area contributed by atoms with E-state index in [1.165, 1.54) is 6.08 Å². The van der Waals surface area contributed by atoms with Crippen LogP contribution in [0.25, 0.3) is 11.4 Å². The fourth-order valence-electron chi connectivity index (χ4n) is 4.28. The number of carbonyl (C=O) groups excluding carboxylic acids is 2. The number of carbonyl (C=O) groups is 2. The maximum Gasteiger partial charge on any atom is 0.280 e. The number of benzene rings is 1. The molecule has 3 aromatic rings. The van der Waals surface area contributed by atoms with Crippen LogP contribution in [0.4, 0.5) is 11.4 Å². The fourth-order valence-corrected chi connectivity index (χ4v) is 4.28. The number of pyridine rings is 1. The van der Waals surface area contributed by atoms with Crippen molar-refractivity contribution in [3.05, 3.63) is 72.6 Å². The largest absolute Gasteiger partial charge is 0.491 e. The van der Waals surface area contributed by atoms with E-state index in [4.69, 9.17) is 4.74 Å². The van der Waals surface area contributed by atoms with Crippen molar-refractivity contribution in [3.8, 4) is 17.1 Å². The van der Waals surface area contributed by atoms with Gasteiger partial charge in [-0.05, 0) is 50.1 Å². The van der Waals surface area contributed by atoms with E-state index < -0.39 is 5.91 Å². The number of amides is 2. The van der Waals surface area contributed by atoms with Crippen molar-refractivity contribution in [2.75, 3.05) is 23.4 Å². The normalized spacial score (nSPS) is 18.6. The molecule has 2 aromatic heterocycles. The predicted octanol–water partition coefficient (Wildman–Crippen LogP) is 3.12. The lowest BCUT2D eigenvalue weighted by atomic mass is 10.1. The number of hydrogen-bond acceptors (Lipinski definition) is 8. The Hall–Kier alpha value is -4.60. The van der Waals surface area contributed by atoms with E-state index in [9.17, 15) is 9.59 Å². The van der Waals surface area contributed by atoms with Crippen LogP contribution in [0, 0.1) is 6.92 Å². The van der Waals surface area contributed by atoms with Crippen LogP contribution in [0.15, 0.2) is 66.3 Å². The molecule has 0 radical (unpaired) electrons. The van der Waals surface area contributed by atoms with Gasteiger partial charge in [-0.25, -0.2) is 0 Å². The van der Waals surface area contributed by atoms with E-state index in [1.807, 2.05) is 29.2 Å². The number of ether oxygens (including phenoxy) is 1. The average Bonchev–Trinajstić information content (AvgIpc) is 3.22. The highest BCUT2D eigenvalue weighted by atomic mass is 16.5. The molecule has 0 saturated carbocycles. The SMILES string of the molecule is C=CC(=O)NC1CCCOc2ccnnc2-c2cc(cc(C)n2)C(=O)/N=C2\Nc3ccccc3N2C1. The molecule has 2 aliphatic rings. The smallest absolute Gasteiger partial charge is 0.280 e. The molecule has 1 unspecified atom stereocenters. The van der Waals surface area contributed by atoms with Crippen molar-refractivity contribution in [1.82, 2.24) is 20.5 Å². The number of aliphatic imine (C=N–C) groups is 1. The number of aryl methyl sites for hydroxylation is 1. The number of nitrogens with one attached hydrogen (secondary N) is 2. The number of para-hydroxylation sites is 2. The van der Waals surface area contributed by atoms with E-state index in [0.29, 0.717) is 60.3 Å². The highest BCUT2D eigenvalue weighted by molar-refractivity contribution is 6.19. The lowest BCUT2D eigenvalue weighted by Crippen LogP contribution is -2.45. The van der Waals surface area contributed by atoms with Crippen LogP contribution in [-0.2, 0) is 4.79 Å². The van der Waals surface area contributed by atoms with E-state index in [1.54, 1.807) is 31.3 Å². The molecule has 2 N–H and O–H groups in total. The Morgan fingerprint density at radius 3 is 3.00 bits per heavy atom. The van der Waals surface area contributed by atoms with Gasteiger partial charge in [0.2, 0.25) is 11.9 Å². The number of guanidine groups is 1. The van der Waals surface area contributed by atoms with Gasteiger partial charge in [-0.2, -0.15) is 10.1 Å². The zero-order valence-electron chi connectivity index (χ0n) is 19.8. The molecule has 10 heteroatoms. The van der Waals surface area contributed by atoms with Gasteiger partial charge in [-0.15, -0.1) is 5.10 Å². The number of anilines is 2. The minimum Gasteiger partial charge on any atom is -0.491 e. The summed E-state index contributed by atoms with van der Waals surface area (Å²) in [5.41, 5.74) is 3.64. The van der Waals surface area contributed by atoms with Crippen molar-refractivity contribution < 1.29 is 14.3 Å². The number of hydrogen-bond donors (Lipinski definition) is 2. The third kappa shape index (κ3) is 4.78. The molecule has 1 aromatic carbocycles. The third-order valence-corrected chi connectivity index (χ3v) is 5.92. The summed E-state index contributed by atoms with van der Waals surface area (Å²) in [4.78, 5) is 36.4. The van der Waals surface area contributed by atoms with E-state index >= 15 is 0 Å². The Morgan fingerprint density at radius 2 is 2.14 bits per heavy atom. The Balaban J connectivity index is 1.59. The summed E-state index contributed by atoms with van der Waals surface area (Å²) in [7, 11) is 0. The van der Waals surface area contributed by atoms with Crippen LogP contribution < -0.4 is 20.3 Å². The first kappa shape index (κ1) is 23.2. The minimum absolute atomic E-state index is 0.252. The van der Waals surface area contributed by atoms with E-state index in [2.05, 4.69) is 37.4 Å². The van der Waals surface area contributed by atoms with E-state index in [0.717, 1.165) is 11.4 Å². The summed E-state index contributed by atoms with van der Waals surface area (Å²) < 4.78 is 6.04. The standard InChI is InChI=1S/C26H25N7O3/c1-3-23(34)29-18-7-6-12-36-22-10-11-27-32-24(22)20-14-17(13-16(2)28-20)25(35)31-26-30-19-8-4-5-9-21(19)33(26)15-18/h3-5,8-11,13-14,18H,1,6-7,12,15H2,2H3,(H,29,34)(H,30,31,35). The van der Waals surface area contributed by atoms with E-state index in [-0.39, 0.29) is 11.9 Å². The van der Waals surface area contributed by atoms with Crippen LogP contribution in [0.5, 0.6) is 5.75 Å². The molecule has 5 rings (SSSR count). The number of rotatable bonds is 2. The zero-order chi connectivity index (χ0) is 25.1. The Kier molecular flexibility index (Phi) is 6.40. The van der Waals surface area contributed by atoms with Gasteiger partial charge in [-0.3, -0.25) is 14.6 Å². The number of fused-ring (bicyclic) bond motifs is 7. The van der Waals surface area contributed by atoms with Gasteiger partial charge in [0.15, 0.2) is 11.4 Å². The topological polar surface area (TPSA) is 122 Å². The first-order valence-corrected chi connectivity index (χ1v) is 11.6. The van der Waals surface area contributed by atoms with Crippen molar-refractivity contribution in [2.45, 2.75) is 25.8 Å². The van der Waals surface area contributed by atoms with Gasteiger partial charge in [0, 0.05) is 29.9 Å². The molecule has 2 amide bonds. The molecule has 2 bridgehead atoms. The molecular formula is C26H25N7O3. The Labute approximate surface area is 208 Å². The summed E-state index contributed by atoms with van der Waals surface area (Å²) in [6.07, 6.45) is 4.08. The lowest BCUT2D eigenvalue weighted by Gasteiger charge is -2.26. The highest BCUT2D eigenvalue weighted by Crippen LogP contribution is 2.33. The van der Waals surface area contributed by atoms with Crippen molar-refractivity contribution in [1.29, 1.82) is 0 Å². The van der Waals surface area contributed by atoms with Gasteiger partial charge < -0.3 is 20.3 Å². The first-order valence-electron chi connectivity index (χ1n) is 11.6. The summed E-state index contributed by atoms with van der Waals surface area (Å²) in [6, 6.07) is 12.5. The second-order valence-electron chi connectivity index (χ2n) is 8.52. The van der Waals surface area contributed by atoms with Crippen LogP contribution in [0.1, 0.15) is 28.9 Å². The Morgan fingerprint density at radius 1 is 1.28 bits per heavy atom. The second kappa shape index (κ2) is 9.95. The monoisotopic (exact) mass is 483 g/mol. The van der Waals surface area contributed by atoms with Crippen LogP contribution in [0.3, 0.4) is 0 Å². The lowest BCUT2D eigenvalue weighted by molar-refractivity contribution is -0.117. The number of aromatic nitrogens is 3. The van der Waals surface area contributed by atoms with Crippen molar-refractivity contribution >= 4 is 29.1 Å². The van der Waals surface area contributed by atoms with Gasteiger partial charge in [-0.1, -0.05) is 18.7 Å². The maximum atomic E-state index is 13.3. The third-order valence-electron chi connectivity index (χ3n) is 5.92. The van der Waals surface area contributed by atoms with Gasteiger partial charge >= 0.3 is 0 Å². The van der Waals surface area contributed by atoms with Gasteiger partial charge in [0.1, 0.15) is 0 Å². The minimum atomic E-state index is -0.435. The number of nitrogens with zero attached hydrogens (tertiary/aromatic N) is 5. The summed E-state index contributed by atoms with van der Waals surface area (Å²) in [5.74, 6) is 0.203. The summed E-state index contributed by atoms with van der Waals surface area (Å²) >= 11 is 0. The molecule has 2 aliphatic heterocycles. The quantitative estimate of drug-likeness (QED) is 0.533. The van der Waals surface area contributed by atoms with Crippen LogP contribution in [0.2, 0.25) is 0 Å². The molecule has 4 heterocycles. The predicted molar refractivity (Wildman–Crippen MR) is 136 cm³/mol. The average molecular weight is 484 g/mol. The fraction of sp³-hybridized carbons (Fsp3) is 0.231. The van der Waals surface area contributed by atoms with Gasteiger partial charge in [0.25, 0.3) is 5.91 Å². The molecule has 182 valence electrons. The Bertz CT molecular complexity index is 1370. The molecule has 10 nitrogen and oxygen atoms in total. The molecule has 36 heavy (non-hydrogen) atoms. The van der Waals surface area contributed by atoms with Crippen molar-refractivity contribution in [3.63, 3.8) is 0 Å². The molecule has 1 atom stereocenters. The summed E-state index contributed by atoms with van der Waals surface area (Å²) in [5, 5.41) is 14.4. The first-order chi connectivity index (χ1) is 17.5. The highest BCUT2D eigenvalue weighted by Gasteiger charge is 2.29. The van der Waals surface area contributed by atoms with Crippen molar-refractivity contribution in [2.24, 2.45) is 4.99 Å². The molecule has 0 saturated heterocycles. The molecule has 0 aliphatic carbocycles. The van der Waals surface area contributed by atoms with Crippen LogP contribution >= 0.6 is 0 Å². The second-order valence-corrected chi connectivity index (χ2v) is 8.52.